The lowest BCUT2D eigenvalue weighted by molar-refractivity contribution is 0.0545. The Morgan fingerprint density at radius 3 is 2.46 bits per heavy atom. The van der Waals surface area contributed by atoms with Crippen LogP contribution in [0.5, 0.6) is 11.5 Å². The van der Waals surface area contributed by atoms with Crippen molar-refractivity contribution in [1.82, 2.24) is 0 Å². The summed E-state index contributed by atoms with van der Waals surface area (Å²) in [5.41, 5.74) is 5.03. The number of hydrogen-bond donors (Lipinski definition) is 0. The van der Waals surface area contributed by atoms with E-state index in [1.807, 2.05) is 24.3 Å². The summed E-state index contributed by atoms with van der Waals surface area (Å²) in [6, 6.07) is 14.4. The van der Waals surface area contributed by atoms with Gasteiger partial charge in [-0.15, -0.1) is 12.3 Å². The number of methoxy groups -OCH3 is 1. The molecule has 0 saturated heterocycles. The first kappa shape index (κ1) is 27.5. The summed E-state index contributed by atoms with van der Waals surface area (Å²) in [5.74, 6) is 5.05. The molecule has 2 aromatic carbocycles. The molecule has 0 amide bonds. The fourth-order valence-corrected chi connectivity index (χ4v) is 7.09. The summed E-state index contributed by atoms with van der Waals surface area (Å²) in [4.78, 5) is 0. The molecule has 4 heteroatoms. The maximum atomic E-state index is 6.99. The molecule has 2 aliphatic rings. The molecule has 0 radical (unpaired) electrons. The molecule has 0 spiro atoms. The van der Waals surface area contributed by atoms with Crippen LogP contribution in [-0.2, 0) is 17.5 Å². The van der Waals surface area contributed by atoms with Gasteiger partial charge in [-0.05, 0) is 67.4 Å². The smallest absolute Gasteiger partial charge is 0.192 e. The Labute approximate surface area is 225 Å². The molecule has 0 N–H and O–H groups in total. The summed E-state index contributed by atoms with van der Waals surface area (Å²) in [6.07, 6.45) is 13.7. The summed E-state index contributed by atoms with van der Waals surface area (Å²) >= 11 is 0. The van der Waals surface area contributed by atoms with Gasteiger partial charge in [0.15, 0.2) is 19.8 Å². The minimum absolute atomic E-state index is 0.00603. The Hall–Kier alpha value is -2.48. The first-order chi connectivity index (χ1) is 17.5. The molecule has 2 aliphatic carbocycles. The highest BCUT2D eigenvalue weighted by Gasteiger charge is 2.50. The summed E-state index contributed by atoms with van der Waals surface area (Å²) in [6.45, 7) is 14.6. The molecule has 0 unspecified atom stereocenters. The van der Waals surface area contributed by atoms with Gasteiger partial charge in [-0.1, -0.05) is 75.7 Å². The van der Waals surface area contributed by atoms with Gasteiger partial charge in [-0.2, -0.15) is 0 Å². The number of allylic oxidation sites excluding steroid dienone is 1. The van der Waals surface area contributed by atoms with Crippen LogP contribution in [0, 0.1) is 23.7 Å². The third kappa shape index (κ3) is 5.69. The van der Waals surface area contributed by atoms with Crippen molar-refractivity contribution >= 4 is 14.4 Å². The van der Waals surface area contributed by atoms with Crippen LogP contribution in [-0.4, -0.2) is 21.5 Å². The van der Waals surface area contributed by atoms with E-state index in [1.54, 1.807) is 7.11 Å². The number of terminal acetylenes is 1. The van der Waals surface area contributed by atoms with E-state index in [2.05, 4.69) is 71.0 Å². The Morgan fingerprint density at radius 2 is 1.81 bits per heavy atom. The van der Waals surface area contributed by atoms with E-state index in [1.165, 1.54) is 16.7 Å². The number of benzene rings is 2. The van der Waals surface area contributed by atoms with Gasteiger partial charge in [0.25, 0.3) is 0 Å². The Balaban J connectivity index is 1.46. The molecule has 1 saturated carbocycles. The monoisotopic (exact) mass is 516 g/mol. The van der Waals surface area contributed by atoms with Crippen molar-refractivity contribution < 1.29 is 13.9 Å². The van der Waals surface area contributed by atoms with E-state index in [4.69, 9.17) is 20.3 Å². The zero-order chi connectivity index (χ0) is 26.8. The van der Waals surface area contributed by atoms with Gasteiger partial charge in [0.05, 0.1) is 13.2 Å². The SMILES string of the molecule is C#C[C@@H]1CC[C@H](O[Si](C)(C)C(C)(C)C)[C@@]1(C)CCC1=Cc2ccc(OCc3ccccc3)c(OC)c2C1. The van der Waals surface area contributed by atoms with Crippen molar-refractivity contribution in [2.45, 2.75) is 90.6 Å². The molecule has 0 heterocycles. The van der Waals surface area contributed by atoms with E-state index < -0.39 is 8.32 Å². The van der Waals surface area contributed by atoms with Gasteiger partial charge in [-0.25, -0.2) is 0 Å². The number of rotatable bonds is 9. The molecule has 0 aromatic heterocycles. The molecule has 3 atom stereocenters. The zero-order valence-electron chi connectivity index (χ0n) is 23.8. The molecule has 198 valence electrons. The Kier molecular flexibility index (Phi) is 7.98. The van der Waals surface area contributed by atoms with Crippen LogP contribution in [0.2, 0.25) is 18.1 Å². The second kappa shape index (κ2) is 10.7. The first-order valence-corrected chi connectivity index (χ1v) is 16.6. The highest BCUT2D eigenvalue weighted by Crippen LogP contribution is 2.52. The number of fused-ring (bicyclic) bond motifs is 1. The normalized spacial score (nSPS) is 23.4. The quantitative estimate of drug-likeness (QED) is 0.247. The van der Waals surface area contributed by atoms with Gasteiger partial charge in [0, 0.05) is 16.9 Å². The predicted octanol–water partition coefficient (Wildman–Crippen LogP) is 8.43. The lowest BCUT2D eigenvalue weighted by Crippen LogP contribution is -2.47. The second-order valence-electron chi connectivity index (χ2n) is 12.6. The van der Waals surface area contributed by atoms with E-state index >= 15 is 0 Å². The average Bonchev–Trinajstić information content (AvgIpc) is 3.41. The zero-order valence-corrected chi connectivity index (χ0v) is 24.8. The van der Waals surface area contributed by atoms with Gasteiger partial charge >= 0.3 is 0 Å². The summed E-state index contributed by atoms with van der Waals surface area (Å²) in [7, 11) is -0.139. The minimum Gasteiger partial charge on any atom is -0.493 e. The van der Waals surface area contributed by atoms with Crippen molar-refractivity contribution in [3.63, 3.8) is 0 Å². The van der Waals surface area contributed by atoms with Gasteiger partial charge < -0.3 is 13.9 Å². The lowest BCUT2D eigenvalue weighted by atomic mass is 9.74. The maximum Gasteiger partial charge on any atom is 0.192 e. The lowest BCUT2D eigenvalue weighted by Gasteiger charge is -2.44. The second-order valence-corrected chi connectivity index (χ2v) is 17.3. The van der Waals surface area contributed by atoms with Gasteiger partial charge in [-0.3, -0.25) is 0 Å². The maximum absolute atomic E-state index is 6.99. The van der Waals surface area contributed by atoms with Crippen LogP contribution in [0.15, 0.2) is 48.0 Å². The average molecular weight is 517 g/mol. The standard InChI is InChI=1S/C33H44O3Si/c1-9-27-16-18-30(36-37(7,8)32(2,3)4)33(27,5)20-19-25-21-26-15-17-29(31(34-6)28(26)22-25)35-23-24-13-11-10-12-14-24/h1,10-15,17,21,27,30H,16,18-20,22-23H2,2-8H3/t27-,30+,33+/m1/s1. The van der Waals surface area contributed by atoms with Crippen LogP contribution in [0.3, 0.4) is 0 Å². The topological polar surface area (TPSA) is 27.7 Å². The van der Waals surface area contributed by atoms with Crippen molar-refractivity contribution in [3.8, 4) is 23.8 Å². The number of ether oxygens (including phenoxy) is 2. The van der Waals surface area contributed by atoms with Crippen molar-refractivity contribution in [2.24, 2.45) is 11.3 Å². The van der Waals surface area contributed by atoms with E-state index in [0.29, 0.717) is 6.61 Å². The van der Waals surface area contributed by atoms with Crippen molar-refractivity contribution in [3.05, 3.63) is 64.7 Å². The minimum atomic E-state index is -1.88. The predicted molar refractivity (Wildman–Crippen MR) is 156 cm³/mol. The van der Waals surface area contributed by atoms with Crippen LogP contribution >= 0.6 is 0 Å². The van der Waals surface area contributed by atoms with Crippen molar-refractivity contribution in [2.75, 3.05) is 7.11 Å². The largest absolute Gasteiger partial charge is 0.493 e. The summed E-state index contributed by atoms with van der Waals surface area (Å²) < 4.78 is 19.0. The third-order valence-corrected chi connectivity index (χ3v) is 13.6. The molecule has 0 aliphatic heterocycles. The molecular formula is C33H44O3Si. The summed E-state index contributed by atoms with van der Waals surface area (Å²) in [5, 5.41) is 0.189. The molecular weight excluding hydrogens is 472 g/mol. The van der Waals surface area contributed by atoms with Crippen LogP contribution in [0.25, 0.3) is 6.08 Å². The highest BCUT2D eigenvalue weighted by molar-refractivity contribution is 6.74. The van der Waals surface area contributed by atoms with Crippen LogP contribution in [0.1, 0.15) is 70.1 Å². The molecule has 2 aromatic rings. The Morgan fingerprint density at radius 1 is 1.08 bits per heavy atom. The Bertz CT molecular complexity index is 1170. The van der Waals surface area contributed by atoms with Crippen molar-refractivity contribution in [1.29, 1.82) is 0 Å². The fraction of sp³-hybridized carbons (Fsp3) is 0.515. The van der Waals surface area contributed by atoms with E-state index in [0.717, 1.165) is 49.2 Å². The van der Waals surface area contributed by atoms with Crippen LogP contribution in [0.4, 0.5) is 0 Å². The van der Waals surface area contributed by atoms with Gasteiger partial charge in [0.2, 0.25) is 0 Å². The highest BCUT2D eigenvalue weighted by atomic mass is 28.4. The first-order valence-electron chi connectivity index (χ1n) is 13.7. The molecule has 1 fully saturated rings. The molecule has 4 rings (SSSR count). The number of hydrogen-bond acceptors (Lipinski definition) is 3. The molecule has 3 nitrogen and oxygen atoms in total. The van der Waals surface area contributed by atoms with E-state index in [9.17, 15) is 0 Å². The third-order valence-electron chi connectivity index (χ3n) is 9.14. The van der Waals surface area contributed by atoms with Crippen LogP contribution < -0.4 is 9.47 Å². The molecule has 37 heavy (non-hydrogen) atoms. The van der Waals surface area contributed by atoms with Gasteiger partial charge in [0.1, 0.15) is 6.61 Å². The fourth-order valence-electron chi connectivity index (χ4n) is 5.64. The molecule has 0 bridgehead atoms. The van der Waals surface area contributed by atoms with E-state index in [-0.39, 0.29) is 22.5 Å².